The Bertz CT molecular complexity index is 321. The van der Waals surface area contributed by atoms with Gasteiger partial charge in [-0.2, -0.15) is 0 Å². The summed E-state index contributed by atoms with van der Waals surface area (Å²) in [5.41, 5.74) is 0. The van der Waals surface area contributed by atoms with Crippen LogP contribution >= 0.6 is 0 Å². The van der Waals surface area contributed by atoms with Crippen LogP contribution in [0.4, 0.5) is 0 Å². The number of nitrogens with two attached hydrogens (primary N) is 1. The summed E-state index contributed by atoms with van der Waals surface area (Å²) in [6.45, 7) is 5.60. The lowest BCUT2D eigenvalue weighted by Gasteiger charge is -2.31. The first-order valence-corrected chi connectivity index (χ1v) is 8.28. The van der Waals surface area contributed by atoms with Crippen LogP contribution in [0.2, 0.25) is 0 Å². The zero-order valence-corrected chi connectivity index (χ0v) is 12.1. The van der Waals surface area contributed by atoms with Crippen molar-refractivity contribution >= 4 is 10.0 Å². The van der Waals surface area contributed by atoms with Gasteiger partial charge in [-0.1, -0.05) is 13.8 Å². The third-order valence-electron chi connectivity index (χ3n) is 3.23. The molecule has 2 unspecified atom stereocenters. The van der Waals surface area contributed by atoms with Gasteiger partial charge in [-0.05, 0) is 31.1 Å². The van der Waals surface area contributed by atoms with Crippen LogP contribution in [0.5, 0.6) is 0 Å². The molecule has 2 N–H and O–H groups in total. The summed E-state index contributed by atoms with van der Waals surface area (Å²) in [5, 5.41) is 4.86. The second-order valence-corrected chi connectivity index (χ2v) is 7.12. The number of sulfonamides is 1. The lowest BCUT2D eigenvalue weighted by Crippen LogP contribution is -2.27. The number of ether oxygens (including phenoxy) is 2. The summed E-state index contributed by atoms with van der Waals surface area (Å²) < 4.78 is 32.2. The Kier molecular flexibility index (Phi) is 6.55. The zero-order chi connectivity index (χ0) is 13.6. The monoisotopic (exact) mass is 279 g/mol. The maximum Gasteiger partial charge on any atom is 0.211 e. The van der Waals surface area contributed by atoms with Crippen LogP contribution in [-0.4, -0.2) is 40.1 Å². The number of rotatable bonds is 7. The number of hydrogen-bond donors (Lipinski definition) is 1. The van der Waals surface area contributed by atoms with Crippen molar-refractivity contribution < 1.29 is 17.9 Å². The van der Waals surface area contributed by atoms with Gasteiger partial charge in [0.15, 0.2) is 0 Å². The van der Waals surface area contributed by atoms with Crippen molar-refractivity contribution in [1.82, 2.24) is 0 Å². The third-order valence-corrected chi connectivity index (χ3v) is 3.96. The predicted octanol–water partition coefficient (Wildman–Crippen LogP) is 1.13. The highest BCUT2D eigenvalue weighted by Crippen LogP contribution is 2.30. The van der Waals surface area contributed by atoms with Gasteiger partial charge in [0, 0.05) is 0 Å². The van der Waals surface area contributed by atoms with E-state index in [1.807, 2.05) is 0 Å². The van der Waals surface area contributed by atoms with E-state index in [-0.39, 0.29) is 12.4 Å². The van der Waals surface area contributed by atoms with Crippen LogP contribution in [0, 0.1) is 11.8 Å². The fourth-order valence-corrected chi connectivity index (χ4v) is 2.91. The van der Waals surface area contributed by atoms with Gasteiger partial charge in [0.1, 0.15) is 0 Å². The van der Waals surface area contributed by atoms with E-state index in [9.17, 15) is 8.42 Å². The Balaban J connectivity index is 2.04. The van der Waals surface area contributed by atoms with Crippen molar-refractivity contribution in [2.45, 2.75) is 39.2 Å². The molecule has 0 aromatic carbocycles. The van der Waals surface area contributed by atoms with Gasteiger partial charge in [-0.3, -0.25) is 0 Å². The molecule has 108 valence electrons. The standard InChI is InChI=1S/C12H25NO4S/c1-10-7-11(2)9-12(8-10)17-4-3-16-5-6-18(13,14)15/h10-12H,3-9H2,1-2H3,(H2,13,14,15). The molecule has 0 spiro atoms. The van der Waals surface area contributed by atoms with Crippen molar-refractivity contribution in [2.75, 3.05) is 25.6 Å². The highest BCUT2D eigenvalue weighted by atomic mass is 32.2. The predicted molar refractivity (Wildman–Crippen MR) is 70.7 cm³/mol. The van der Waals surface area contributed by atoms with Gasteiger partial charge in [0.05, 0.1) is 31.7 Å². The molecule has 0 aromatic heterocycles. The number of hydrogen-bond acceptors (Lipinski definition) is 4. The van der Waals surface area contributed by atoms with Crippen LogP contribution in [0.3, 0.4) is 0 Å². The first-order valence-electron chi connectivity index (χ1n) is 6.56. The van der Waals surface area contributed by atoms with Crippen molar-refractivity contribution in [3.05, 3.63) is 0 Å². The Morgan fingerprint density at radius 2 is 1.67 bits per heavy atom. The van der Waals surface area contributed by atoms with E-state index in [0.29, 0.717) is 19.3 Å². The smallest absolute Gasteiger partial charge is 0.211 e. The quantitative estimate of drug-likeness (QED) is 0.709. The normalized spacial score (nSPS) is 29.4. The van der Waals surface area contributed by atoms with E-state index in [1.165, 1.54) is 6.42 Å². The van der Waals surface area contributed by atoms with Gasteiger partial charge in [-0.25, -0.2) is 13.6 Å². The molecular formula is C12H25NO4S. The Hall–Kier alpha value is -0.170. The van der Waals surface area contributed by atoms with Gasteiger partial charge in [0.2, 0.25) is 10.0 Å². The molecule has 1 saturated carbocycles. The van der Waals surface area contributed by atoms with Crippen LogP contribution in [0.25, 0.3) is 0 Å². The fraction of sp³-hybridized carbons (Fsp3) is 1.00. The Morgan fingerprint density at radius 1 is 1.06 bits per heavy atom. The molecule has 0 amide bonds. The average molecular weight is 279 g/mol. The molecule has 0 aliphatic heterocycles. The van der Waals surface area contributed by atoms with Crippen molar-refractivity contribution in [2.24, 2.45) is 17.0 Å². The first-order chi connectivity index (χ1) is 8.37. The van der Waals surface area contributed by atoms with E-state index in [0.717, 1.165) is 24.7 Å². The molecule has 18 heavy (non-hydrogen) atoms. The molecule has 0 bridgehead atoms. The minimum absolute atomic E-state index is 0.134. The molecule has 2 atom stereocenters. The lowest BCUT2D eigenvalue weighted by molar-refractivity contribution is -0.0260. The summed E-state index contributed by atoms with van der Waals surface area (Å²) in [7, 11) is -3.41. The van der Waals surface area contributed by atoms with Crippen LogP contribution < -0.4 is 5.14 Å². The molecule has 1 fully saturated rings. The molecule has 6 heteroatoms. The highest BCUT2D eigenvalue weighted by molar-refractivity contribution is 7.89. The van der Waals surface area contributed by atoms with Crippen LogP contribution in [-0.2, 0) is 19.5 Å². The summed E-state index contributed by atoms with van der Waals surface area (Å²) in [6, 6.07) is 0. The molecule has 1 rings (SSSR count). The second-order valence-electron chi connectivity index (χ2n) is 5.39. The largest absolute Gasteiger partial charge is 0.378 e. The first kappa shape index (κ1) is 15.9. The molecule has 0 radical (unpaired) electrons. The molecule has 1 aliphatic rings. The second kappa shape index (κ2) is 7.43. The van der Waals surface area contributed by atoms with Gasteiger partial charge in [-0.15, -0.1) is 0 Å². The maximum absolute atomic E-state index is 10.6. The zero-order valence-electron chi connectivity index (χ0n) is 11.3. The molecular weight excluding hydrogens is 254 g/mol. The summed E-state index contributed by atoms with van der Waals surface area (Å²) in [4.78, 5) is 0. The molecule has 5 nitrogen and oxygen atoms in total. The minimum atomic E-state index is -3.41. The molecule has 0 saturated heterocycles. The van der Waals surface area contributed by atoms with Gasteiger partial charge >= 0.3 is 0 Å². The van der Waals surface area contributed by atoms with E-state index in [4.69, 9.17) is 14.6 Å². The van der Waals surface area contributed by atoms with Crippen molar-refractivity contribution in [1.29, 1.82) is 0 Å². The van der Waals surface area contributed by atoms with Gasteiger partial charge in [0.25, 0.3) is 0 Å². The van der Waals surface area contributed by atoms with E-state index in [1.54, 1.807) is 0 Å². The summed E-state index contributed by atoms with van der Waals surface area (Å²) in [5.74, 6) is 1.31. The molecule has 0 aromatic rings. The number of primary sulfonamides is 1. The maximum atomic E-state index is 10.6. The van der Waals surface area contributed by atoms with E-state index >= 15 is 0 Å². The summed E-state index contributed by atoms with van der Waals surface area (Å²) >= 11 is 0. The fourth-order valence-electron chi connectivity index (χ4n) is 2.56. The summed E-state index contributed by atoms with van der Waals surface area (Å²) in [6.07, 6.45) is 3.83. The van der Waals surface area contributed by atoms with Crippen molar-refractivity contribution in [3.8, 4) is 0 Å². The molecule has 1 aliphatic carbocycles. The van der Waals surface area contributed by atoms with E-state index < -0.39 is 10.0 Å². The van der Waals surface area contributed by atoms with Gasteiger partial charge < -0.3 is 9.47 Å². The Labute approximate surface area is 110 Å². The topological polar surface area (TPSA) is 78.6 Å². The lowest BCUT2D eigenvalue weighted by atomic mass is 9.82. The Morgan fingerprint density at radius 3 is 2.22 bits per heavy atom. The molecule has 0 heterocycles. The van der Waals surface area contributed by atoms with Crippen LogP contribution in [0.1, 0.15) is 33.1 Å². The average Bonchev–Trinajstić information content (AvgIpc) is 2.20. The third kappa shape index (κ3) is 7.31. The highest BCUT2D eigenvalue weighted by Gasteiger charge is 2.24. The van der Waals surface area contributed by atoms with Crippen molar-refractivity contribution in [3.63, 3.8) is 0 Å². The SMILES string of the molecule is CC1CC(C)CC(OCCOCCS(N)(=O)=O)C1. The minimum Gasteiger partial charge on any atom is -0.378 e. The van der Waals surface area contributed by atoms with Crippen LogP contribution in [0.15, 0.2) is 0 Å². The van der Waals surface area contributed by atoms with E-state index in [2.05, 4.69) is 13.8 Å².